The van der Waals surface area contributed by atoms with Crippen LogP contribution in [-0.4, -0.2) is 64.6 Å². The third kappa shape index (κ3) is 3.79. The van der Waals surface area contributed by atoms with Crippen LogP contribution in [-0.2, 0) is 4.74 Å². The van der Waals surface area contributed by atoms with Crippen molar-refractivity contribution >= 4 is 5.91 Å². The molecule has 1 aromatic heterocycles. The summed E-state index contributed by atoms with van der Waals surface area (Å²) in [6, 6.07) is 9.67. The molecule has 142 valence electrons. The van der Waals surface area contributed by atoms with E-state index in [9.17, 15) is 9.59 Å². The summed E-state index contributed by atoms with van der Waals surface area (Å²) in [5.74, 6) is -0.347. The number of amides is 1. The van der Waals surface area contributed by atoms with Crippen LogP contribution in [0.4, 0.5) is 0 Å². The van der Waals surface area contributed by atoms with Crippen LogP contribution in [0.1, 0.15) is 34.9 Å². The molecule has 1 amide bonds. The van der Waals surface area contributed by atoms with Crippen molar-refractivity contribution in [1.29, 1.82) is 0 Å². The first-order chi connectivity index (χ1) is 13.2. The summed E-state index contributed by atoms with van der Waals surface area (Å²) >= 11 is 0. The molecule has 0 radical (unpaired) electrons. The van der Waals surface area contributed by atoms with E-state index in [4.69, 9.17) is 4.74 Å². The van der Waals surface area contributed by atoms with Gasteiger partial charge in [-0.2, -0.15) is 0 Å². The number of rotatable bonds is 4. The molecule has 7 nitrogen and oxygen atoms in total. The van der Waals surface area contributed by atoms with Gasteiger partial charge < -0.3 is 19.5 Å². The van der Waals surface area contributed by atoms with Crippen LogP contribution < -0.4 is 5.56 Å². The lowest BCUT2D eigenvalue weighted by Gasteiger charge is -2.42. The van der Waals surface area contributed by atoms with E-state index >= 15 is 0 Å². The van der Waals surface area contributed by atoms with Crippen LogP contribution in [0.15, 0.2) is 47.5 Å². The molecule has 2 fully saturated rings. The van der Waals surface area contributed by atoms with Crippen molar-refractivity contribution in [2.24, 2.45) is 0 Å². The maximum Gasteiger partial charge on any atom is 0.279 e. The summed E-state index contributed by atoms with van der Waals surface area (Å²) in [7, 11) is 0. The second-order valence-electron chi connectivity index (χ2n) is 7.04. The molecular weight excluding hydrogens is 344 g/mol. The lowest BCUT2D eigenvalue weighted by Crippen LogP contribution is -2.52. The molecule has 1 N–H and O–H groups in total. The predicted octanol–water partition coefficient (Wildman–Crippen LogP) is 1.45. The quantitative estimate of drug-likeness (QED) is 0.884. The molecule has 0 aliphatic carbocycles. The van der Waals surface area contributed by atoms with Crippen LogP contribution in [0, 0.1) is 0 Å². The number of nitrogens with one attached hydrogen (secondary N) is 1. The number of H-pyrrole nitrogens is 1. The van der Waals surface area contributed by atoms with Crippen LogP contribution in [0.2, 0.25) is 0 Å². The fourth-order valence-electron chi connectivity index (χ4n) is 4.02. The fraction of sp³-hybridized carbons (Fsp3) is 0.450. The van der Waals surface area contributed by atoms with Crippen LogP contribution >= 0.6 is 0 Å². The van der Waals surface area contributed by atoms with E-state index in [0.717, 1.165) is 25.2 Å². The summed E-state index contributed by atoms with van der Waals surface area (Å²) in [6.45, 7) is 3.80. The number of hydrogen-bond donors (Lipinski definition) is 1. The molecule has 1 aromatic carbocycles. The lowest BCUT2D eigenvalue weighted by atomic mass is 9.97. The number of carbonyl (C=O) groups excluding carboxylic acids is 1. The van der Waals surface area contributed by atoms with Gasteiger partial charge in [0.2, 0.25) is 0 Å². The summed E-state index contributed by atoms with van der Waals surface area (Å²) < 4.78 is 6.11. The standard InChI is InChI=1S/C20H24N4O3/c25-19-17(21-8-9-22-19)20(26)24-12-13-27-16(14-23-10-4-5-11-23)18(24)15-6-2-1-3-7-15/h1-3,6-9,16,18H,4-5,10-14H2,(H,22,25)/t16-,18-/m0/s1. The molecule has 0 bridgehead atoms. The zero-order valence-electron chi connectivity index (χ0n) is 15.2. The summed E-state index contributed by atoms with van der Waals surface area (Å²) in [5.41, 5.74) is 0.485. The monoisotopic (exact) mass is 368 g/mol. The Balaban J connectivity index is 1.66. The molecule has 0 unspecified atom stereocenters. The molecule has 2 aliphatic rings. The Morgan fingerprint density at radius 3 is 2.70 bits per heavy atom. The van der Waals surface area contributed by atoms with Crippen molar-refractivity contribution < 1.29 is 9.53 Å². The predicted molar refractivity (Wildman–Crippen MR) is 100 cm³/mol. The molecule has 27 heavy (non-hydrogen) atoms. The maximum atomic E-state index is 13.2. The Morgan fingerprint density at radius 1 is 1.19 bits per heavy atom. The Hall–Kier alpha value is -2.51. The van der Waals surface area contributed by atoms with E-state index < -0.39 is 5.56 Å². The number of likely N-dealkylation sites (tertiary alicyclic amines) is 1. The number of hydrogen-bond acceptors (Lipinski definition) is 5. The van der Waals surface area contributed by atoms with Gasteiger partial charge >= 0.3 is 0 Å². The molecule has 2 aromatic rings. The van der Waals surface area contributed by atoms with E-state index in [0.29, 0.717) is 13.2 Å². The van der Waals surface area contributed by atoms with Crippen LogP contribution in [0.25, 0.3) is 0 Å². The molecule has 3 heterocycles. The minimum absolute atomic E-state index is 0.0692. The van der Waals surface area contributed by atoms with Crippen molar-refractivity contribution in [2.45, 2.75) is 25.0 Å². The van der Waals surface area contributed by atoms with Crippen molar-refractivity contribution in [3.8, 4) is 0 Å². The average molecular weight is 368 g/mol. The van der Waals surface area contributed by atoms with Gasteiger partial charge in [-0.1, -0.05) is 30.3 Å². The highest BCUT2D eigenvalue weighted by molar-refractivity contribution is 5.92. The summed E-state index contributed by atoms with van der Waals surface area (Å²) in [4.78, 5) is 36.0. The number of ether oxygens (including phenoxy) is 1. The number of morpholine rings is 1. The number of benzene rings is 1. The Morgan fingerprint density at radius 2 is 1.96 bits per heavy atom. The van der Waals surface area contributed by atoms with Gasteiger partial charge in [0.1, 0.15) is 0 Å². The highest BCUT2D eigenvalue weighted by atomic mass is 16.5. The average Bonchev–Trinajstić information content (AvgIpc) is 3.21. The third-order valence-corrected chi connectivity index (χ3v) is 5.30. The van der Waals surface area contributed by atoms with Gasteiger partial charge in [0.15, 0.2) is 5.69 Å². The molecule has 4 rings (SSSR count). The van der Waals surface area contributed by atoms with Gasteiger partial charge in [0, 0.05) is 25.5 Å². The number of nitrogens with zero attached hydrogens (tertiary/aromatic N) is 3. The van der Waals surface area contributed by atoms with Gasteiger partial charge in [-0.05, 0) is 31.5 Å². The first kappa shape index (κ1) is 17.9. The lowest BCUT2D eigenvalue weighted by molar-refractivity contribution is -0.0709. The number of carbonyl (C=O) groups is 1. The molecular formula is C20H24N4O3. The SMILES string of the molecule is O=C(c1ncc[nH]c1=O)N1CCO[C@@H](CN2CCCC2)[C@@H]1c1ccccc1. The smallest absolute Gasteiger partial charge is 0.279 e. The minimum atomic E-state index is -0.461. The van der Waals surface area contributed by atoms with Crippen molar-refractivity contribution in [3.63, 3.8) is 0 Å². The number of aromatic amines is 1. The van der Waals surface area contributed by atoms with Crippen molar-refractivity contribution in [2.75, 3.05) is 32.8 Å². The molecule has 0 saturated carbocycles. The highest BCUT2D eigenvalue weighted by Gasteiger charge is 2.38. The van der Waals surface area contributed by atoms with E-state index in [2.05, 4.69) is 14.9 Å². The van der Waals surface area contributed by atoms with E-state index in [1.807, 2.05) is 30.3 Å². The number of aromatic nitrogens is 2. The van der Waals surface area contributed by atoms with E-state index in [-0.39, 0.29) is 23.7 Å². The Bertz CT molecular complexity index is 832. The van der Waals surface area contributed by atoms with Gasteiger partial charge in [-0.3, -0.25) is 9.59 Å². The van der Waals surface area contributed by atoms with Crippen molar-refractivity contribution in [3.05, 3.63) is 64.3 Å². The van der Waals surface area contributed by atoms with Gasteiger partial charge in [0.05, 0.1) is 18.8 Å². The summed E-state index contributed by atoms with van der Waals surface area (Å²) in [6.07, 6.45) is 5.15. The van der Waals surface area contributed by atoms with Crippen LogP contribution in [0.3, 0.4) is 0 Å². The second kappa shape index (κ2) is 8.02. The normalized spacial score (nSPS) is 23.5. The first-order valence-corrected chi connectivity index (χ1v) is 9.47. The van der Waals surface area contributed by atoms with Crippen LogP contribution in [0.5, 0.6) is 0 Å². The minimum Gasteiger partial charge on any atom is -0.373 e. The van der Waals surface area contributed by atoms with E-state index in [1.165, 1.54) is 25.2 Å². The topological polar surface area (TPSA) is 78.5 Å². The van der Waals surface area contributed by atoms with E-state index in [1.54, 1.807) is 4.90 Å². The molecule has 7 heteroatoms. The van der Waals surface area contributed by atoms with Gasteiger partial charge in [-0.25, -0.2) is 4.98 Å². The fourth-order valence-corrected chi connectivity index (χ4v) is 4.02. The summed E-state index contributed by atoms with van der Waals surface area (Å²) in [5, 5.41) is 0. The largest absolute Gasteiger partial charge is 0.373 e. The molecule has 0 spiro atoms. The highest BCUT2D eigenvalue weighted by Crippen LogP contribution is 2.31. The Labute approximate surface area is 158 Å². The Kier molecular flexibility index (Phi) is 5.31. The zero-order valence-corrected chi connectivity index (χ0v) is 15.2. The van der Waals surface area contributed by atoms with Crippen molar-refractivity contribution in [1.82, 2.24) is 19.8 Å². The van der Waals surface area contributed by atoms with Gasteiger partial charge in [-0.15, -0.1) is 0 Å². The molecule has 2 aliphatic heterocycles. The molecule has 2 saturated heterocycles. The first-order valence-electron chi connectivity index (χ1n) is 9.47. The zero-order chi connectivity index (χ0) is 18.6. The van der Waals surface area contributed by atoms with Gasteiger partial charge in [0.25, 0.3) is 11.5 Å². The third-order valence-electron chi connectivity index (χ3n) is 5.30. The molecule has 2 atom stereocenters. The second-order valence-corrected chi connectivity index (χ2v) is 7.04. The maximum absolute atomic E-state index is 13.2.